The summed E-state index contributed by atoms with van der Waals surface area (Å²) in [5.41, 5.74) is 0.804. The Morgan fingerprint density at radius 2 is 1.84 bits per heavy atom. The number of halogens is 2. The van der Waals surface area contributed by atoms with Crippen molar-refractivity contribution in [2.45, 2.75) is 45.2 Å². The maximum Gasteiger partial charge on any atom is 0.138 e. The Morgan fingerprint density at radius 3 is 2.47 bits per heavy atom. The molecule has 2 nitrogen and oxygen atoms in total. The largest absolute Gasteiger partial charge is 0.506 e. The topological polar surface area (TPSA) is 23.5 Å². The molecule has 0 bridgehead atoms. The number of rotatable bonds is 3. The standard InChI is InChI=1S/C15H21Cl2NO/c1-10-3-5-13(6-4-10)18(2)9-11-7-12(16)8-14(17)15(11)19/h7-8,10,13,19H,3-6,9H2,1-2H3. The summed E-state index contributed by atoms with van der Waals surface area (Å²) in [5, 5.41) is 10.9. The quantitative estimate of drug-likeness (QED) is 0.874. The molecule has 0 aliphatic heterocycles. The lowest BCUT2D eigenvalue weighted by Gasteiger charge is -2.33. The Hall–Kier alpha value is -0.440. The van der Waals surface area contributed by atoms with Gasteiger partial charge in [0.1, 0.15) is 5.75 Å². The molecule has 1 aliphatic carbocycles. The van der Waals surface area contributed by atoms with E-state index >= 15 is 0 Å². The molecule has 1 N–H and O–H groups in total. The Balaban J connectivity index is 2.04. The molecule has 0 spiro atoms. The number of phenolic OH excluding ortho intramolecular Hbond substituents is 1. The minimum atomic E-state index is 0.155. The van der Waals surface area contributed by atoms with Gasteiger partial charge in [-0.05, 0) is 50.8 Å². The highest BCUT2D eigenvalue weighted by atomic mass is 35.5. The SMILES string of the molecule is CC1CCC(N(C)Cc2cc(Cl)cc(Cl)c2O)CC1. The fraction of sp³-hybridized carbons (Fsp3) is 0.600. The average Bonchev–Trinajstić information content (AvgIpc) is 2.36. The summed E-state index contributed by atoms with van der Waals surface area (Å²) in [4.78, 5) is 2.30. The lowest BCUT2D eigenvalue weighted by molar-refractivity contribution is 0.162. The Labute approximate surface area is 125 Å². The third-order valence-corrected chi connectivity index (χ3v) is 4.64. The van der Waals surface area contributed by atoms with Crippen LogP contribution in [0, 0.1) is 5.92 Å². The number of nitrogens with zero attached hydrogens (tertiary/aromatic N) is 1. The summed E-state index contributed by atoms with van der Waals surface area (Å²) >= 11 is 12.0. The number of hydrogen-bond donors (Lipinski definition) is 1. The van der Waals surface area contributed by atoms with Crippen LogP contribution in [-0.4, -0.2) is 23.1 Å². The second-order valence-corrected chi connectivity index (χ2v) is 6.57. The van der Waals surface area contributed by atoms with E-state index in [0.29, 0.717) is 22.6 Å². The van der Waals surface area contributed by atoms with Gasteiger partial charge in [-0.3, -0.25) is 4.90 Å². The van der Waals surface area contributed by atoms with E-state index in [0.717, 1.165) is 11.5 Å². The van der Waals surface area contributed by atoms with E-state index in [1.807, 2.05) is 0 Å². The molecule has 0 heterocycles. The van der Waals surface area contributed by atoms with E-state index in [2.05, 4.69) is 18.9 Å². The maximum absolute atomic E-state index is 9.99. The lowest BCUT2D eigenvalue weighted by atomic mass is 9.86. The second kappa shape index (κ2) is 6.34. The van der Waals surface area contributed by atoms with E-state index in [9.17, 15) is 5.11 Å². The molecule has 0 saturated heterocycles. The molecule has 0 aromatic heterocycles. The van der Waals surface area contributed by atoms with Crippen LogP contribution in [0.15, 0.2) is 12.1 Å². The molecule has 0 radical (unpaired) electrons. The lowest BCUT2D eigenvalue weighted by Crippen LogP contribution is -2.34. The Bertz CT molecular complexity index is 442. The molecule has 0 unspecified atom stereocenters. The van der Waals surface area contributed by atoms with Gasteiger partial charge in [0.25, 0.3) is 0 Å². The van der Waals surface area contributed by atoms with Crippen molar-refractivity contribution in [1.82, 2.24) is 4.90 Å². The molecule has 2 rings (SSSR count). The van der Waals surface area contributed by atoms with Crippen LogP contribution in [0.25, 0.3) is 0 Å². The summed E-state index contributed by atoms with van der Waals surface area (Å²) in [6.45, 7) is 3.00. The first-order valence-electron chi connectivity index (χ1n) is 6.84. The van der Waals surface area contributed by atoms with Gasteiger partial charge in [0.2, 0.25) is 0 Å². The van der Waals surface area contributed by atoms with Crippen LogP contribution >= 0.6 is 23.2 Å². The highest BCUT2D eigenvalue weighted by molar-refractivity contribution is 6.35. The molecule has 4 heteroatoms. The van der Waals surface area contributed by atoms with Crippen LogP contribution in [-0.2, 0) is 6.54 Å². The molecular formula is C15H21Cl2NO. The van der Waals surface area contributed by atoms with Crippen molar-refractivity contribution in [3.05, 3.63) is 27.7 Å². The molecule has 0 atom stereocenters. The third-order valence-electron chi connectivity index (χ3n) is 4.14. The number of benzene rings is 1. The van der Waals surface area contributed by atoms with Crippen LogP contribution < -0.4 is 0 Å². The fourth-order valence-electron chi connectivity index (χ4n) is 2.82. The zero-order valence-electron chi connectivity index (χ0n) is 11.5. The van der Waals surface area contributed by atoms with Gasteiger partial charge in [-0.1, -0.05) is 30.1 Å². The average molecular weight is 302 g/mol. The Kier molecular flexibility index (Phi) is 4.99. The zero-order valence-corrected chi connectivity index (χ0v) is 13.0. The molecule has 106 valence electrons. The van der Waals surface area contributed by atoms with Crippen molar-refractivity contribution in [1.29, 1.82) is 0 Å². The van der Waals surface area contributed by atoms with Crippen molar-refractivity contribution in [2.24, 2.45) is 5.92 Å². The van der Waals surface area contributed by atoms with Gasteiger partial charge in [-0.15, -0.1) is 0 Å². The summed E-state index contributed by atoms with van der Waals surface area (Å²) in [5.74, 6) is 1.00. The van der Waals surface area contributed by atoms with Crippen molar-refractivity contribution < 1.29 is 5.11 Å². The van der Waals surface area contributed by atoms with Crippen LogP contribution in [0.5, 0.6) is 5.75 Å². The molecule has 1 aliphatic rings. The maximum atomic E-state index is 9.99. The monoisotopic (exact) mass is 301 g/mol. The van der Waals surface area contributed by atoms with Crippen LogP contribution in [0.2, 0.25) is 10.0 Å². The van der Waals surface area contributed by atoms with E-state index in [-0.39, 0.29) is 5.75 Å². The fourth-order valence-corrected chi connectivity index (χ4v) is 3.36. The number of phenols is 1. The van der Waals surface area contributed by atoms with Crippen molar-refractivity contribution in [2.75, 3.05) is 7.05 Å². The first-order valence-corrected chi connectivity index (χ1v) is 7.60. The summed E-state index contributed by atoms with van der Waals surface area (Å²) < 4.78 is 0. The van der Waals surface area contributed by atoms with Gasteiger partial charge in [0.05, 0.1) is 5.02 Å². The smallest absolute Gasteiger partial charge is 0.138 e. The molecular weight excluding hydrogens is 281 g/mol. The van der Waals surface area contributed by atoms with Crippen LogP contribution in [0.4, 0.5) is 0 Å². The van der Waals surface area contributed by atoms with Gasteiger partial charge >= 0.3 is 0 Å². The van der Waals surface area contributed by atoms with Crippen molar-refractivity contribution in [3.8, 4) is 5.75 Å². The molecule has 19 heavy (non-hydrogen) atoms. The zero-order chi connectivity index (χ0) is 14.0. The van der Waals surface area contributed by atoms with Crippen LogP contribution in [0.1, 0.15) is 38.2 Å². The minimum Gasteiger partial charge on any atom is -0.506 e. The van der Waals surface area contributed by atoms with Crippen molar-refractivity contribution >= 4 is 23.2 Å². The second-order valence-electron chi connectivity index (χ2n) is 5.72. The normalized spacial score (nSPS) is 23.8. The van der Waals surface area contributed by atoms with E-state index in [1.165, 1.54) is 25.7 Å². The summed E-state index contributed by atoms with van der Waals surface area (Å²) in [6, 6.07) is 3.96. The van der Waals surface area contributed by atoms with Crippen LogP contribution in [0.3, 0.4) is 0 Å². The molecule has 1 aromatic carbocycles. The van der Waals surface area contributed by atoms with E-state index in [4.69, 9.17) is 23.2 Å². The molecule has 0 amide bonds. The molecule has 1 saturated carbocycles. The van der Waals surface area contributed by atoms with Gasteiger partial charge in [-0.25, -0.2) is 0 Å². The van der Waals surface area contributed by atoms with Gasteiger partial charge in [0, 0.05) is 23.2 Å². The third kappa shape index (κ3) is 3.77. The number of hydrogen-bond acceptors (Lipinski definition) is 2. The van der Waals surface area contributed by atoms with Gasteiger partial charge in [0.15, 0.2) is 0 Å². The highest BCUT2D eigenvalue weighted by Crippen LogP contribution is 2.33. The number of aromatic hydroxyl groups is 1. The molecule has 1 aromatic rings. The minimum absolute atomic E-state index is 0.155. The summed E-state index contributed by atoms with van der Waals surface area (Å²) in [6.07, 6.45) is 5.04. The predicted molar refractivity (Wildman–Crippen MR) is 81.0 cm³/mol. The van der Waals surface area contributed by atoms with Gasteiger partial charge < -0.3 is 5.11 Å². The first-order chi connectivity index (χ1) is 8.97. The molecule has 1 fully saturated rings. The summed E-state index contributed by atoms with van der Waals surface area (Å²) in [7, 11) is 2.11. The Morgan fingerprint density at radius 1 is 1.21 bits per heavy atom. The predicted octanol–water partition coefficient (Wildman–Crippen LogP) is 4.71. The van der Waals surface area contributed by atoms with E-state index in [1.54, 1.807) is 12.1 Å². The first kappa shape index (κ1) is 15.0. The highest BCUT2D eigenvalue weighted by Gasteiger charge is 2.22. The van der Waals surface area contributed by atoms with Gasteiger partial charge in [-0.2, -0.15) is 0 Å². The van der Waals surface area contributed by atoms with Crippen molar-refractivity contribution in [3.63, 3.8) is 0 Å². The van der Waals surface area contributed by atoms with E-state index < -0.39 is 0 Å².